The van der Waals surface area contributed by atoms with Crippen LogP contribution in [0.2, 0.25) is 18.1 Å². The number of carbonyl (C=O) groups is 6. The minimum absolute atomic E-state index is 0.0340. The zero-order chi connectivity index (χ0) is 51.2. The van der Waals surface area contributed by atoms with E-state index in [1.165, 1.54) is 19.1 Å². The first kappa shape index (κ1) is 53.4. The lowest BCUT2D eigenvalue weighted by atomic mass is 9.44. The highest BCUT2D eigenvalue weighted by Gasteiger charge is 2.80. The minimum atomic E-state index is -2.78. The molecule has 3 fully saturated rings. The number of fused-ring (bicyclic) bond motifs is 5. The molecule has 1 saturated heterocycles. The molecule has 6 rings (SSSR count). The van der Waals surface area contributed by atoms with Crippen LogP contribution in [0, 0.1) is 16.7 Å². The second kappa shape index (κ2) is 19.7. The van der Waals surface area contributed by atoms with Gasteiger partial charge in [-0.05, 0) is 81.6 Å². The largest absolute Gasteiger partial charge is 0.456 e. The van der Waals surface area contributed by atoms with E-state index in [1.807, 2.05) is 20.8 Å². The van der Waals surface area contributed by atoms with Crippen LogP contribution >= 0.6 is 0 Å². The van der Waals surface area contributed by atoms with E-state index in [4.69, 9.17) is 32.8 Å². The summed E-state index contributed by atoms with van der Waals surface area (Å²) < 4.78 is 43.5. The van der Waals surface area contributed by atoms with Gasteiger partial charge in [-0.3, -0.25) is 14.4 Å². The molecule has 12 atom stereocenters. The SMILES string of the molecule is CC[Si](CC)(CC)O[C@@H](C(=O)O[C@H]1C[C@@]2(O)[C@@H](OC(=O)c3ccccc3)[C@@H]3[C@]4(OC(C)=O)CO[C@@H]4[C@@H](O)[C@@H](O)[C@@]3(C)C(=O)[C@H](OC(C)=O)C(=C1C)C2(C)C)[C@@H](NC(=O)OC(C)(C)C)c1ccccc1. The first-order valence-electron chi connectivity index (χ1n) is 23.7. The van der Waals surface area contributed by atoms with Gasteiger partial charge in [0.05, 0.1) is 35.6 Å². The van der Waals surface area contributed by atoms with Gasteiger partial charge in [-0.2, -0.15) is 0 Å². The maximum atomic E-state index is 15.8. The van der Waals surface area contributed by atoms with E-state index in [0.29, 0.717) is 23.7 Å². The molecule has 1 aliphatic heterocycles. The van der Waals surface area contributed by atoms with Crippen molar-refractivity contribution >= 4 is 44.1 Å². The number of ether oxygens (including phenoxy) is 6. The Balaban J connectivity index is 1.61. The van der Waals surface area contributed by atoms with Crippen molar-refractivity contribution in [3.8, 4) is 0 Å². The third kappa shape index (κ3) is 9.52. The van der Waals surface area contributed by atoms with E-state index in [9.17, 15) is 34.5 Å². The minimum Gasteiger partial charge on any atom is -0.456 e. The highest BCUT2D eigenvalue weighted by atomic mass is 28.4. The van der Waals surface area contributed by atoms with Crippen molar-refractivity contribution in [2.24, 2.45) is 16.7 Å². The molecule has 4 N–H and O–H groups in total. The molecular weight excluding hydrogens is 911 g/mol. The molecule has 0 aromatic heterocycles. The molecule has 2 aromatic rings. The lowest BCUT2D eigenvalue weighted by Crippen LogP contribution is -2.85. The van der Waals surface area contributed by atoms with Gasteiger partial charge in [0.1, 0.15) is 35.6 Å². The summed E-state index contributed by atoms with van der Waals surface area (Å²) in [6.07, 6.45) is -13.6. The van der Waals surface area contributed by atoms with Gasteiger partial charge in [-0.1, -0.05) is 83.1 Å². The summed E-state index contributed by atoms with van der Waals surface area (Å²) in [6, 6.07) is 17.1. The number of esters is 4. The normalized spacial score (nSPS) is 31.5. The Morgan fingerprint density at radius 1 is 0.870 bits per heavy atom. The quantitative estimate of drug-likeness (QED) is 0.0754. The Morgan fingerprint density at radius 3 is 1.96 bits per heavy atom. The zero-order valence-electron chi connectivity index (χ0n) is 41.7. The molecule has 3 aliphatic carbocycles. The van der Waals surface area contributed by atoms with Crippen LogP contribution in [0.25, 0.3) is 0 Å². The molecule has 2 saturated carbocycles. The fourth-order valence-electron chi connectivity index (χ4n) is 11.3. The van der Waals surface area contributed by atoms with E-state index in [0.717, 1.165) is 13.8 Å². The maximum Gasteiger partial charge on any atom is 0.408 e. The number of alkyl carbamates (subject to hydrolysis) is 1. The maximum absolute atomic E-state index is 15.8. The third-order valence-electron chi connectivity index (χ3n) is 15.2. The van der Waals surface area contributed by atoms with E-state index >= 15 is 9.59 Å². The topological polar surface area (TPSA) is 240 Å². The van der Waals surface area contributed by atoms with Crippen molar-refractivity contribution in [3.05, 3.63) is 82.9 Å². The predicted octanol–water partition coefficient (Wildman–Crippen LogP) is 5.83. The van der Waals surface area contributed by atoms with Gasteiger partial charge in [0.25, 0.3) is 0 Å². The van der Waals surface area contributed by atoms with Crippen molar-refractivity contribution in [2.45, 2.75) is 173 Å². The summed E-state index contributed by atoms with van der Waals surface area (Å²) in [7, 11) is -2.78. The van der Waals surface area contributed by atoms with Crippen LogP contribution in [0.3, 0.4) is 0 Å². The molecule has 2 aromatic carbocycles. The van der Waals surface area contributed by atoms with Gasteiger partial charge >= 0.3 is 30.0 Å². The fourth-order valence-corrected chi connectivity index (χ4v) is 14.0. The Kier molecular flexibility index (Phi) is 15.2. The average molecular weight is 980 g/mol. The van der Waals surface area contributed by atoms with Gasteiger partial charge in [0.2, 0.25) is 0 Å². The summed E-state index contributed by atoms with van der Waals surface area (Å²) >= 11 is 0. The molecule has 0 radical (unpaired) electrons. The molecule has 2 bridgehead atoms. The van der Waals surface area contributed by atoms with Gasteiger partial charge < -0.3 is 53.5 Å². The molecule has 4 aliphatic rings. The molecule has 0 unspecified atom stereocenters. The van der Waals surface area contributed by atoms with Crippen LogP contribution in [0.15, 0.2) is 71.8 Å². The summed E-state index contributed by atoms with van der Waals surface area (Å²) in [5.41, 5.74) is -8.80. The van der Waals surface area contributed by atoms with Crippen molar-refractivity contribution in [2.75, 3.05) is 6.61 Å². The number of carbonyl (C=O) groups excluding carboxylic acids is 6. The summed E-state index contributed by atoms with van der Waals surface area (Å²) in [6.45, 7) is 18.7. The second-order valence-corrected chi connectivity index (χ2v) is 25.3. The van der Waals surface area contributed by atoms with Crippen LogP contribution in [-0.2, 0) is 52.0 Å². The zero-order valence-corrected chi connectivity index (χ0v) is 42.7. The average Bonchev–Trinajstić information content (AvgIpc) is 3.27. The molecule has 18 heteroatoms. The Hall–Kier alpha value is -4.98. The van der Waals surface area contributed by atoms with Gasteiger partial charge in [0, 0.05) is 25.7 Å². The number of rotatable bonds is 14. The van der Waals surface area contributed by atoms with Gasteiger partial charge in [-0.15, -0.1) is 0 Å². The molecular formula is C51H69NO16Si. The monoisotopic (exact) mass is 979 g/mol. The summed E-state index contributed by atoms with van der Waals surface area (Å²) in [5.74, 6) is -6.45. The van der Waals surface area contributed by atoms with Gasteiger partial charge in [0.15, 0.2) is 31.9 Å². The smallest absolute Gasteiger partial charge is 0.408 e. The predicted molar refractivity (Wildman–Crippen MR) is 251 cm³/mol. The van der Waals surface area contributed by atoms with Crippen LogP contribution in [-0.4, -0.2) is 126 Å². The highest BCUT2D eigenvalue weighted by Crippen LogP contribution is 2.64. The molecule has 0 spiro atoms. The molecule has 17 nitrogen and oxygen atoms in total. The number of aliphatic hydroxyl groups excluding tert-OH is 2. The Bertz CT molecular complexity index is 2300. The van der Waals surface area contributed by atoms with Crippen molar-refractivity contribution < 1.29 is 76.9 Å². The van der Waals surface area contributed by atoms with Gasteiger partial charge in [-0.25, -0.2) is 14.4 Å². The first-order chi connectivity index (χ1) is 32.2. The Morgan fingerprint density at radius 2 is 1.45 bits per heavy atom. The lowest BCUT2D eigenvalue weighted by Gasteiger charge is -2.68. The van der Waals surface area contributed by atoms with Crippen LogP contribution in [0.4, 0.5) is 4.79 Å². The number of Topliss-reactive ketones (excluding diaryl/α,β-unsaturated/α-hetero) is 1. The second-order valence-electron chi connectivity index (χ2n) is 20.6. The Labute approximate surface area is 404 Å². The van der Waals surface area contributed by atoms with E-state index in [-0.39, 0.29) is 16.7 Å². The van der Waals surface area contributed by atoms with E-state index in [1.54, 1.807) is 90.1 Å². The van der Waals surface area contributed by atoms with E-state index in [2.05, 4.69) is 5.32 Å². The van der Waals surface area contributed by atoms with Crippen molar-refractivity contribution in [1.82, 2.24) is 5.32 Å². The van der Waals surface area contributed by atoms with Crippen molar-refractivity contribution in [3.63, 3.8) is 0 Å². The summed E-state index contributed by atoms with van der Waals surface area (Å²) in [5, 5.41) is 40.8. The first-order valence-corrected chi connectivity index (χ1v) is 26.2. The number of ketones is 1. The number of aliphatic hydroxyl groups is 3. The lowest BCUT2D eigenvalue weighted by molar-refractivity contribution is -0.369. The standard InChI is InChI=1S/C51H69NO16Si/c1-13-69(14-2,15-3)68-38(35(31-22-18-16-19-23-31)52-46(60)67-47(7,8)9)45(59)64-33-26-51(61)43(65-44(58)32-24-20-17-21-25-32)39-49(12,40(56)36(55)42-50(39,27-62-42)66-30(6)54)41(57)37(63-29(5)53)34(28(33)4)48(51,10)11/h16-25,33,35-40,42-43,55-56,61H,13-15,26-27H2,1-12H3,(H,52,60)/t33-,35-,36-,37+,38+,39-,40+,42+,43-,49-,50+,51+/m0/s1. The molecule has 1 heterocycles. The van der Waals surface area contributed by atoms with Crippen LogP contribution < -0.4 is 5.32 Å². The number of benzene rings is 2. The molecule has 69 heavy (non-hydrogen) atoms. The third-order valence-corrected chi connectivity index (χ3v) is 19.8. The van der Waals surface area contributed by atoms with Crippen LogP contribution in [0.1, 0.15) is 111 Å². The summed E-state index contributed by atoms with van der Waals surface area (Å²) in [4.78, 5) is 85.7. The molecule has 378 valence electrons. The number of hydrogen-bond acceptors (Lipinski definition) is 16. The van der Waals surface area contributed by atoms with E-state index < -0.39 is 139 Å². The highest BCUT2D eigenvalue weighted by molar-refractivity contribution is 6.73. The number of hydrogen-bond donors (Lipinski definition) is 4. The fraction of sp³-hybridized carbons (Fsp3) is 0.608. The molecule has 1 amide bonds. The van der Waals surface area contributed by atoms with Crippen molar-refractivity contribution in [1.29, 1.82) is 0 Å². The number of nitrogens with one attached hydrogen (secondary N) is 1. The number of amides is 1. The van der Waals surface area contributed by atoms with Crippen LogP contribution in [0.5, 0.6) is 0 Å².